The van der Waals surface area contributed by atoms with E-state index in [0.717, 1.165) is 0 Å². The van der Waals surface area contributed by atoms with E-state index in [-0.39, 0.29) is 27.3 Å². The first-order valence-electron chi connectivity index (χ1n) is 8.29. The first kappa shape index (κ1) is 30.6. The minimum absolute atomic E-state index is 0. The van der Waals surface area contributed by atoms with Crippen molar-refractivity contribution in [2.24, 2.45) is 0 Å². The summed E-state index contributed by atoms with van der Waals surface area (Å²) in [6.45, 7) is 0. The number of aromatic carboxylic acids is 4. The first-order chi connectivity index (χ1) is 15.2. The van der Waals surface area contributed by atoms with Gasteiger partial charge >= 0.3 is 23.9 Å². The van der Waals surface area contributed by atoms with Crippen LogP contribution in [-0.4, -0.2) is 71.6 Å². The second-order valence-electron chi connectivity index (χ2n) is 5.13. The molecule has 4 aromatic heterocycles. The molecular formula is C20H16O8PbS4. The van der Waals surface area contributed by atoms with E-state index in [0.29, 0.717) is 19.5 Å². The van der Waals surface area contributed by atoms with Crippen LogP contribution in [0.15, 0.2) is 70.1 Å². The SMILES string of the molecule is O=C(O)c1cccs1.O=C(O)c1cccs1.O=C(O)c1cccs1.O=C(O)c1cccs1.[Pb]. The summed E-state index contributed by atoms with van der Waals surface area (Å²) in [6.07, 6.45) is 0. The molecule has 4 heterocycles. The van der Waals surface area contributed by atoms with Crippen molar-refractivity contribution in [2.75, 3.05) is 0 Å². The number of hydrogen-bond acceptors (Lipinski definition) is 8. The van der Waals surface area contributed by atoms with E-state index in [2.05, 4.69) is 0 Å². The Balaban J connectivity index is 0.000000410. The fraction of sp³-hybridized carbons (Fsp3) is 0. The van der Waals surface area contributed by atoms with Crippen LogP contribution >= 0.6 is 45.3 Å². The smallest absolute Gasteiger partial charge is 0.345 e. The molecule has 8 nitrogen and oxygen atoms in total. The van der Waals surface area contributed by atoms with Crippen molar-refractivity contribution in [3.63, 3.8) is 0 Å². The number of hydrogen-bond donors (Lipinski definition) is 4. The topological polar surface area (TPSA) is 149 Å². The molecule has 172 valence electrons. The van der Waals surface area contributed by atoms with Gasteiger partial charge < -0.3 is 20.4 Å². The summed E-state index contributed by atoms with van der Waals surface area (Å²) >= 11 is 4.93. The fourth-order valence-corrected chi connectivity index (χ4v) is 3.85. The van der Waals surface area contributed by atoms with Crippen LogP contribution in [0.3, 0.4) is 0 Å². The van der Waals surface area contributed by atoms with Crippen LogP contribution in [0, 0.1) is 0 Å². The maximum absolute atomic E-state index is 10.1. The Kier molecular flexibility index (Phi) is 15.9. The van der Waals surface area contributed by atoms with E-state index in [1.807, 2.05) is 0 Å². The maximum atomic E-state index is 10.1. The van der Waals surface area contributed by atoms with Crippen LogP contribution in [0.25, 0.3) is 0 Å². The molecule has 33 heavy (non-hydrogen) atoms. The van der Waals surface area contributed by atoms with E-state index < -0.39 is 23.9 Å². The summed E-state index contributed by atoms with van der Waals surface area (Å²) in [6, 6.07) is 13.2. The van der Waals surface area contributed by atoms with Gasteiger partial charge in [-0.15, -0.1) is 45.3 Å². The van der Waals surface area contributed by atoms with Crippen LogP contribution in [0.1, 0.15) is 38.7 Å². The number of carbonyl (C=O) groups is 4. The molecule has 0 fully saturated rings. The van der Waals surface area contributed by atoms with Crippen LogP contribution in [0.2, 0.25) is 0 Å². The van der Waals surface area contributed by atoms with E-state index in [1.54, 1.807) is 70.1 Å². The third kappa shape index (κ3) is 13.0. The number of carboxylic acids is 4. The monoisotopic (exact) mass is 720 g/mol. The number of thiophene rings is 4. The molecule has 0 saturated heterocycles. The van der Waals surface area contributed by atoms with Gasteiger partial charge in [0.15, 0.2) is 0 Å². The molecule has 0 aliphatic carbocycles. The Bertz CT molecular complexity index is 897. The Morgan fingerprint density at radius 1 is 0.455 bits per heavy atom. The van der Waals surface area contributed by atoms with E-state index in [4.69, 9.17) is 20.4 Å². The van der Waals surface area contributed by atoms with E-state index >= 15 is 0 Å². The average molecular weight is 720 g/mol. The molecule has 4 radical (unpaired) electrons. The van der Waals surface area contributed by atoms with Crippen molar-refractivity contribution in [1.82, 2.24) is 0 Å². The molecule has 0 amide bonds. The zero-order chi connectivity index (χ0) is 23.9. The second kappa shape index (κ2) is 17.1. The molecule has 4 N–H and O–H groups in total. The molecule has 0 aromatic carbocycles. The third-order valence-electron chi connectivity index (χ3n) is 2.93. The zero-order valence-corrected chi connectivity index (χ0v) is 23.6. The molecule has 0 bridgehead atoms. The molecule has 0 saturated carbocycles. The fourth-order valence-electron chi connectivity index (χ4n) is 1.60. The van der Waals surface area contributed by atoms with Gasteiger partial charge in [-0.3, -0.25) is 0 Å². The Hall–Kier alpha value is -2.40. The Morgan fingerprint density at radius 2 is 0.636 bits per heavy atom. The summed E-state index contributed by atoms with van der Waals surface area (Å²) in [5.41, 5.74) is 0. The summed E-state index contributed by atoms with van der Waals surface area (Å²) in [7, 11) is 0. The first-order valence-corrected chi connectivity index (χ1v) is 11.8. The average Bonchev–Trinajstić information content (AvgIpc) is 3.56. The maximum Gasteiger partial charge on any atom is 0.345 e. The predicted molar refractivity (Wildman–Crippen MR) is 131 cm³/mol. The van der Waals surface area contributed by atoms with Crippen molar-refractivity contribution in [1.29, 1.82) is 0 Å². The van der Waals surface area contributed by atoms with Gasteiger partial charge in [0.1, 0.15) is 19.5 Å². The van der Waals surface area contributed by atoms with Crippen molar-refractivity contribution >= 4 is 96.5 Å². The molecule has 13 heteroatoms. The van der Waals surface area contributed by atoms with Gasteiger partial charge in [0.25, 0.3) is 0 Å². The molecule has 0 unspecified atom stereocenters. The predicted octanol–water partition coefficient (Wildman–Crippen LogP) is 5.40. The molecule has 4 aromatic rings. The van der Waals surface area contributed by atoms with Crippen molar-refractivity contribution in [2.45, 2.75) is 0 Å². The Morgan fingerprint density at radius 3 is 0.697 bits per heavy atom. The number of rotatable bonds is 4. The molecular weight excluding hydrogens is 704 g/mol. The minimum Gasteiger partial charge on any atom is -0.477 e. The quantitative estimate of drug-likeness (QED) is 0.205. The summed E-state index contributed by atoms with van der Waals surface area (Å²) < 4.78 is 0. The summed E-state index contributed by atoms with van der Waals surface area (Å²) in [4.78, 5) is 41.9. The summed E-state index contributed by atoms with van der Waals surface area (Å²) in [5.74, 6) is -3.39. The third-order valence-corrected chi connectivity index (χ3v) is 6.36. The van der Waals surface area contributed by atoms with Gasteiger partial charge in [-0.2, -0.15) is 0 Å². The van der Waals surface area contributed by atoms with Gasteiger partial charge in [-0.25, -0.2) is 19.2 Å². The standard InChI is InChI=1S/4C5H4O2S.Pb/c4*6-5(7)4-2-1-3-8-4;/h4*1-3H,(H,6,7);. The van der Waals surface area contributed by atoms with Gasteiger partial charge in [-0.05, 0) is 45.8 Å². The summed E-state index contributed by atoms with van der Waals surface area (Å²) in [5, 5.41) is 40.1. The van der Waals surface area contributed by atoms with Gasteiger partial charge in [0, 0.05) is 27.3 Å². The molecule has 0 aliphatic heterocycles. The van der Waals surface area contributed by atoms with Gasteiger partial charge in [-0.1, -0.05) is 24.3 Å². The van der Waals surface area contributed by atoms with Crippen LogP contribution in [-0.2, 0) is 0 Å². The van der Waals surface area contributed by atoms with Crippen molar-refractivity contribution < 1.29 is 39.6 Å². The Labute approximate surface area is 224 Å². The van der Waals surface area contributed by atoms with Crippen molar-refractivity contribution in [3.8, 4) is 0 Å². The van der Waals surface area contributed by atoms with Crippen LogP contribution in [0.4, 0.5) is 0 Å². The van der Waals surface area contributed by atoms with Crippen LogP contribution in [0.5, 0.6) is 0 Å². The normalized spacial score (nSPS) is 8.73. The molecule has 4 rings (SSSR count). The van der Waals surface area contributed by atoms with E-state index in [9.17, 15) is 19.2 Å². The van der Waals surface area contributed by atoms with Gasteiger partial charge in [0.05, 0.1) is 0 Å². The van der Waals surface area contributed by atoms with E-state index in [1.165, 1.54) is 45.3 Å². The zero-order valence-electron chi connectivity index (χ0n) is 16.5. The largest absolute Gasteiger partial charge is 0.477 e. The number of carboxylic acid groups (broad SMARTS) is 4. The molecule has 0 spiro atoms. The second-order valence-corrected chi connectivity index (χ2v) is 8.92. The van der Waals surface area contributed by atoms with Crippen LogP contribution < -0.4 is 0 Å². The minimum atomic E-state index is -0.847. The molecule has 0 aliphatic rings. The van der Waals surface area contributed by atoms with Gasteiger partial charge in [0.2, 0.25) is 0 Å². The van der Waals surface area contributed by atoms with Crippen molar-refractivity contribution in [3.05, 3.63) is 89.6 Å². The molecule has 0 atom stereocenters.